The molecule has 26 heavy (non-hydrogen) atoms. The molecule has 0 aliphatic heterocycles. The second-order valence-electron chi connectivity index (χ2n) is 5.92. The molecule has 0 fully saturated rings. The molecule has 0 amide bonds. The standard InChI is InChI=1S/C20H19ClN4O/c1-3-25-19(23)14(11-22)9-17(20(25)26)16-7-6-13(10-18(16)21)15-5-4-8-24-12(15)2/h4-11,22H,3,23H2,1-2H3. The number of hydrogen-bond donors (Lipinski definition) is 2. The summed E-state index contributed by atoms with van der Waals surface area (Å²) < 4.78 is 1.45. The number of aromatic nitrogens is 2. The van der Waals surface area contributed by atoms with E-state index in [-0.39, 0.29) is 11.4 Å². The van der Waals surface area contributed by atoms with E-state index in [1.807, 2.05) is 44.2 Å². The molecule has 0 spiro atoms. The number of halogens is 1. The molecule has 3 aromatic rings. The molecule has 132 valence electrons. The molecule has 0 atom stereocenters. The Labute approximate surface area is 156 Å². The van der Waals surface area contributed by atoms with E-state index >= 15 is 0 Å². The lowest BCUT2D eigenvalue weighted by molar-refractivity contribution is 0.740. The first-order valence-electron chi connectivity index (χ1n) is 8.23. The van der Waals surface area contributed by atoms with Gasteiger partial charge in [-0.25, -0.2) is 0 Å². The highest BCUT2D eigenvalue weighted by molar-refractivity contribution is 6.33. The molecular formula is C20H19ClN4O. The number of anilines is 1. The van der Waals surface area contributed by atoms with Crippen molar-refractivity contribution in [1.82, 2.24) is 9.55 Å². The van der Waals surface area contributed by atoms with E-state index in [4.69, 9.17) is 22.7 Å². The first-order chi connectivity index (χ1) is 12.5. The Hall–Kier alpha value is -2.92. The van der Waals surface area contributed by atoms with Crippen molar-refractivity contribution in [3.8, 4) is 22.3 Å². The Morgan fingerprint density at radius 1 is 1.23 bits per heavy atom. The Kier molecular flexibility index (Phi) is 4.91. The number of nitrogens with one attached hydrogen (secondary N) is 1. The van der Waals surface area contributed by atoms with Crippen LogP contribution in [-0.4, -0.2) is 15.8 Å². The van der Waals surface area contributed by atoms with Crippen LogP contribution in [0.15, 0.2) is 47.4 Å². The van der Waals surface area contributed by atoms with Crippen LogP contribution in [0.5, 0.6) is 0 Å². The minimum absolute atomic E-state index is 0.220. The number of pyridine rings is 2. The second kappa shape index (κ2) is 7.14. The zero-order chi connectivity index (χ0) is 18.8. The maximum atomic E-state index is 12.8. The summed E-state index contributed by atoms with van der Waals surface area (Å²) in [6, 6.07) is 11.0. The van der Waals surface area contributed by atoms with Crippen LogP contribution < -0.4 is 11.3 Å². The van der Waals surface area contributed by atoms with E-state index < -0.39 is 0 Å². The van der Waals surface area contributed by atoms with Gasteiger partial charge in [0.25, 0.3) is 5.56 Å². The van der Waals surface area contributed by atoms with E-state index in [1.165, 1.54) is 4.57 Å². The molecule has 0 saturated heterocycles. The first kappa shape index (κ1) is 17.9. The van der Waals surface area contributed by atoms with Gasteiger partial charge in [0.05, 0.1) is 0 Å². The largest absolute Gasteiger partial charge is 0.384 e. The number of nitrogens with zero attached hydrogens (tertiary/aromatic N) is 2. The molecule has 0 aliphatic rings. The van der Waals surface area contributed by atoms with Crippen molar-refractivity contribution in [1.29, 1.82) is 5.41 Å². The maximum absolute atomic E-state index is 12.8. The Morgan fingerprint density at radius 3 is 2.62 bits per heavy atom. The first-order valence-corrected chi connectivity index (χ1v) is 8.61. The van der Waals surface area contributed by atoms with Gasteiger partial charge in [0.15, 0.2) is 0 Å². The highest BCUT2D eigenvalue weighted by atomic mass is 35.5. The molecule has 0 saturated carbocycles. The molecule has 3 N–H and O–H groups in total. The van der Waals surface area contributed by atoms with Crippen molar-refractivity contribution in [3.63, 3.8) is 0 Å². The number of rotatable bonds is 4. The van der Waals surface area contributed by atoms with Crippen molar-refractivity contribution < 1.29 is 0 Å². The van der Waals surface area contributed by atoms with E-state index in [2.05, 4.69) is 4.98 Å². The van der Waals surface area contributed by atoms with Crippen LogP contribution in [0.1, 0.15) is 18.2 Å². The average Bonchev–Trinajstić information content (AvgIpc) is 2.63. The summed E-state index contributed by atoms with van der Waals surface area (Å²) in [5, 5.41) is 8.01. The monoisotopic (exact) mass is 366 g/mol. The summed E-state index contributed by atoms with van der Waals surface area (Å²) in [7, 11) is 0. The quantitative estimate of drug-likeness (QED) is 0.680. The van der Waals surface area contributed by atoms with Crippen molar-refractivity contribution in [2.75, 3.05) is 5.73 Å². The lowest BCUT2D eigenvalue weighted by atomic mass is 9.99. The second-order valence-corrected chi connectivity index (χ2v) is 6.33. The predicted octanol–water partition coefficient (Wildman–Crippen LogP) is 4.14. The SMILES string of the molecule is CCn1c(N)c(C=N)cc(-c2ccc(-c3cccnc3C)cc2Cl)c1=O. The summed E-state index contributed by atoms with van der Waals surface area (Å²) in [5.74, 6) is 0.287. The van der Waals surface area contributed by atoms with Gasteiger partial charge in [-0.15, -0.1) is 0 Å². The van der Waals surface area contributed by atoms with Gasteiger partial charge >= 0.3 is 0 Å². The molecule has 2 heterocycles. The Bertz CT molecular complexity index is 1060. The van der Waals surface area contributed by atoms with Crippen molar-refractivity contribution in [2.24, 2.45) is 0 Å². The van der Waals surface area contributed by atoms with Gasteiger partial charge < -0.3 is 11.1 Å². The molecule has 6 heteroatoms. The van der Waals surface area contributed by atoms with Gasteiger partial charge in [-0.3, -0.25) is 14.3 Å². The third-order valence-electron chi connectivity index (χ3n) is 4.41. The fourth-order valence-electron chi connectivity index (χ4n) is 3.01. The van der Waals surface area contributed by atoms with Crippen LogP contribution in [0.4, 0.5) is 5.82 Å². The molecule has 0 bridgehead atoms. The molecule has 0 unspecified atom stereocenters. The zero-order valence-corrected chi connectivity index (χ0v) is 15.3. The number of nitrogens with two attached hydrogens (primary N) is 1. The van der Waals surface area contributed by atoms with Gasteiger partial charge in [-0.2, -0.15) is 0 Å². The van der Waals surface area contributed by atoms with E-state index in [0.717, 1.165) is 23.0 Å². The van der Waals surface area contributed by atoms with Gasteiger partial charge in [-0.1, -0.05) is 29.8 Å². The normalized spacial score (nSPS) is 10.7. The third-order valence-corrected chi connectivity index (χ3v) is 4.72. The summed E-state index contributed by atoms with van der Waals surface area (Å²) in [4.78, 5) is 17.1. The molecule has 1 aromatic carbocycles. The fourth-order valence-corrected chi connectivity index (χ4v) is 3.30. The molecular weight excluding hydrogens is 348 g/mol. The van der Waals surface area contributed by atoms with Crippen LogP contribution in [0, 0.1) is 12.3 Å². The van der Waals surface area contributed by atoms with Gasteiger partial charge in [0.2, 0.25) is 0 Å². The lowest BCUT2D eigenvalue weighted by Crippen LogP contribution is -2.25. The Morgan fingerprint density at radius 2 is 2.00 bits per heavy atom. The van der Waals surface area contributed by atoms with Crippen LogP contribution in [0.25, 0.3) is 22.3 Å². The maximum Gasteiger partial charge on any atom is 0.260 e. The van der Waals surface area contributed by atoms with Gasteiger partial charge in [0.1, 0.15) is 5.82 Å². The zero-order valence-electron chi connectivity index (χ0n) is 14.6. The average molecular weight is 367 g/mol. The van der Waals surface area contributed by atoms with E-state index in [1.54, 1.807) is 12.3 Å². The fraction of sp³-hybridized carbons (Fsp3) is 0.150. The summed E-state index contributed by atoms with van der Waals surface area (Å²) in [5.41, 5.74) is 10.1. The topological polar surface area (TPSA) is 84.8 Å². The van der Waals surface area contributed by atoms with Crippen LogP contribution in [-0.2, 0) is 6.54 Å². The molecule has 5 nitrogen and oxygen atoms in total. The molecule has 2 aromatic heterocycles. The van der Waals surface area contributed by atoms with Crippen molar-refractivity contribution >= 4 is 23.6 Å². The van der Waals surface area contributed by atoms with Crippen LogP contribution in [0.3, 0.4) is 0 Å². The van der Waals surface area contributed by atoms with Crippen LogP contribution >= 0.6 is 11.6 Å². The number of benzene rings is 1. The highest BCUT2D eigenvalue weighted by Crippen LogP contribution is 2.32. The lowest BCUT2D eigenvalue weighted by Gasteiger charge is -2.14. The number of nitrogen functional groups attached to an aromatic ring is 1. The molecule has 0 radical (unpaired) electrons. The Balaban J connectivity index is 2.19. The predicted molar refractivity (Wildman–Crippen MR) is 107 cm³/mol. The number of aryl methyl sites for hydroxylation is 1. The molecule has 0 aliphatic carbocycles. The number of hydrogen-bond acceptors (Lipinski definition) is 4. The van der Waals surface area contributed by atoms with Crippen molar-refractivity contribution in [2.45, 2.75) is 20.4 Å². The van der Waals surface area contributed by atoms with Gasteiger partial charge in [-0.05, 0) is 37.6 Å². The highest BCUT2D eigenvalue weighted by Gasteiger charge is 2.15. The third kappa shape index (κ3) is 3.02. The smallest absolute Gasteiger partial charge is 0.260 e. The summed E-state index contributed by atoms with van der Waals surface area (Å²) in [6.07, 6.45) is 2.89. The summed E-state index contributed by atoms with van der Waals surface area (Å²) in [6.45, 7) is 4.20. The van der Waals surface area contributed by atoms with Crippen molar-refractivity contribution in [3.05, 3.63) is 69.2 Å². The van der Waals surface area contributed by atoms with Gasteiger partial charge in [0, 0.05) is 51.9 Å². The van der Waals surface area contributed by atoms with E-state index in [9.17, 15) is 4.79 Å². The van der Waals surface area contributed by atoms with Crippen LogP contribution in [0.2, 0.25) is 5.02 Å². The minimum atomic E-state index is -0.220. The van der Waals surface area contributed by atoms with E-state index in [0.29, 0.717) is 28.3 Å². The molecule has 3 rings (SSSR count). The minimum Gasteiger partial charge on any atom is -0.384 e. The summed E-state index contributed by atoms with van der Waals surface area (Å²) >= 11 is 6.51.